The van der Waals surface area contributed by atoms with Crippen LogP contribution in [0.25, 0.3) is 0 Å². The van der Waals surface area contributed by atoms with Gasteiger partial charge in [0, 0.05) is 21.2 Å². The highest BCUT2D eigenvalue weighted by molar-refractivity contribution is 6.36. The standard InChI is InChI=1S/C9H5Cl2NO/c10-8-3-6(5-13)4-9(11)7(8)1-2-12/h3-5H,1H2. The minimum absolute atomic E-state index is 0.150. The number of rotatable bonds is 2. The first-order valence-corrected chi connectivity index (χ1v) is 4.24. The molecule has 0 aliphatic rings. The largest absolute Gasteiger partial charge is 0.298 e. The summed E-state index contributed by atoms with van der Waals surface area (Å²) in [6.45, 7) is 0. The molecule has 0 N–H and O–H groups in total. The van der Waals surface area contributed by atoms with E-state index in [0.717, 1.165) is 0 Å². The number of hydrogen-bond acceptors (Lipinski definition) is 2. The van der Waals surface area contributed by atoms with E-state index in [1.807, 2.05) is 6.07 Å². The third-order valence-corrected chi connectivity index (χ3v) is 2.23. The lowest BCUT2D eigenvalue weighted by molar-refractivity contribution is 0.112. The van der Waals surface area contributed by atoms with Crippen molar-refractivity contribution in [3.05, 3.63) is 33.3 Å². The summed E-state index contributed by atoms with van der Waals surface area (Å²) in [6, 6.07) is 4.93. The third-order valence-electron chi connectivity index (χ3n) is 1.56. The maximum atomic E-state index is 10.4. The van der Waals surface area contributed by atoms with Crippen molar-refractivity contribution in [2.75, 3.05) is 0 Å². The van der Waals surface area contributed by atoms with E-state index < -0.39 is 0 Å². The number of nitriles is 1. The second-order valence-electron chi connectivity index (χ2n) is 2.42. The van der Waals surface area contributed by atoms with Gasteiger partial charge in [0.15, 0.2) is 0 Å². The topological polar surface area (TPSA) is 40.9 Å². The fraction of sp³-hybridized carbons (Fsp3) is 0.111. The number of aldehydes is 1. The average molecular weight is 214 g/mol. The SMILES string of the molecule is N#CCc1c(Cl)cc(C=O)cc1Cl. The van der Waals surface area contributed by atoms with Crippen molar-refractivity contribution in [3.63, 3.8) is 0 Å². The minimum Gasteiger partial charge on any atom is -0.298 e. The molecule has 0 aliphatic carbocycles. The Kier molecular flexibility index (Phi) is 3.30. The van der Waals surface area contributed by atoms with Gasteiger partial charge in [-0.2, -0.15) is 5.26 Å². The van der Waals surface area contributed by atoms with Gasteiger partial charge in [-0.15, -0.1) is 0 Å². The Labute approximate surface area is 85.7 Å². The number of nitrogens with zero attached hydrogens (tertiary/aromatic N) is 1. The Bertz CT molecular complexity index is 359. The molecule has 0 amide bonds. The van der Waals surface area contributed by atoms with Crippen LogP contribution in [0.2, 0.25) is 10.0 Å². The number of hydrogen-bond donors (Lipinski definition) is 0. The molecule has 0 aliphatic heterocycles. The van der Waals surface area contributed by atoms with Crippen molar-refractivity contribution in [2.45, 2.75) is 6.42 Å². The van der Waals surface area contributed by atoms with Crippen LogP contribution in [0, 0.1) is 11.3 Å². The van der Waals surface area contributed by atoms with E-state index in [4.69, 9.17) is 28.5 Å². The van der Waals surface area contributed by atoms with E-state index in [-0.39, 0.29) is 6.42 Å². The summed E-state index contributed by atoms with van der Waals surface area (Å²) in [5.74, 6) is 0. The highest BCUT2D eigenvalue weighted by Crippen LogP contribution is 2.26. The number of halogens is 2. The molecule has 1 aromatic carbocycles. The molecule has 4 heteroatoms. The van der Waals surface area contributed by atoms with Crippen LogP contribution in [0.1, 0.15) is 15.9 Å². The molecule has 13 heavy (non-hydrogen) atoms. The molecule has 0 aromatic heterocycles. The Morgan fingerprint density at radius 3 is 2.31 bits per heavy atom. The zero-order valence-electron chi connectivity index (χ0n) is 6.55. The van der Waals surface area contributed by atoms with Gasteiger partial charge in [0.25, 0.3) is 0 Å². The van der Waals surface area contributed by atoms with E-state index in [9.17, 15) is 4.79 Å². The van der Waals surface area contributed by atoms with Crippen LogP contribution >= 0.6 is 23.2 Å². The summed E-state index contributed by atoms with van der Waals surface area (Å²) < 4.78 is 0. The van der Waals surface area contributed by atoms with Crippen molar-refractivity contribution >= 4 is 29.5 Å². The van der Waals surface area contributed by atoms with E-state index in [2.05, 4.69) is 0 Å². The molecular formula is C9H5Cl2NO. The van der Waals surface area contributed by atoms with Gasteiger partial charge in [0.05, 0.1) is 12.5 Å². The first-order valence-electron chi connectivity index (χ1n) is 3.49. The van der Waals surface area contributed by atoms with Crippen LogP contribution < -0.4 is 0 Å². The van der Waals surface area contributed by atoms with Crippen molar-refractivity contribution in [2.24, 2.45) is 0 Å². The molecule has 0 radical (unpaired) electrons. The van der Waals surface area contributed by atoms with Crippen LogP contribution in [0.4, 0.5) is 0 Å². The highest BCUT2D eigenvalue weighted by Gasteiger charge is 2.07. The number of benzene rings is 1. The van der Waals surface area contributed by atoms with Gasteiger partial charge >= 0.3 is 0 Å². The lowest BCUT2D eigenvalue weighted by Gasteiger charge is -2.02. The zero-order valence-corrected chi connectivity index (χ0v) is 8.06. The van der Waals surface area contributed by atoms with Gasteiger partial charge in [-0.05, 0) is 12.1 Å². The summed E-state index contributed by atoms with van der Waals surface area (Å²) in [7, 11) is 0. The molecule has 0 heterocycles. The van der Waals surface area contributed by atoms with Crippen LogP contribution in [-0.4, -0.2) is 6.29 Å². The Morgan fingerprint density at radius 1 is 1.38 bits per heavy atom. The molecule has 1 rings (SSSR count). The zero-order chi connectivity index (χ0) is 9.84. The third kappa shape index (κ3) is 2.21. The highest BCUT2D eigenvalue weighted by atomic mass is 35.5. The molecule has 66 valence electrons. The van der Waals surface area contributed by atoms with Crippen LogP contribution in [0.5, 0.6) is 0 Å². The monoisotopic (exact) mass is 213 g/mol. The summed E-state index contributed by atoms with van der Waals surface area (Å²) in [6.07, 6.45) is 0.810. The first-order chi connectivity index (χ1) is 6.19. The Hall–Kier alpha value is -1.04. The molecule has 0 saturated heterocycles. The van der Waals surface area contributed by atoms with Gasteiger partial charge < -0.3 is 0 Å². The molecule has 0 saturated carbocycles. The quantitative estimate of drug-likeness (QED) is 0.710. The number of carbonyl (C=O) groups is 1. The van der Waals surface area contributed by atoms with Crippen molar-refractivity contribution in [1.82, 2.24) is 0 Å². The summed E-state index contributed by atoms with van der Waals surface area (Å²) in [4.78, 5) is 10.4. The fourth-order valence-electron chi connectivity index (χ4n) is 0.939. The fourth-order valence-corrected chi connectivity index (χ4v) is 1.58. The lowest BCUT2D eigenvalue weighted by Crippen LogP contribution is -1.89. The van der Waals surface area contributed by atoms with E-state index in [0.29, 0.717) is 27.5 Å². The van der Waals surface area contributed by atoms with Gasteiger partial charge in [0.1, 0.15) is 6.29 Å². The maximum absolute atomic E-state index is 10.4. The molecule has 1 aromatic rings. The Morgan fingerprint density at radius 2 is 1.92 bits per heavy atom. The molecule has 0 bridgehead atoms. The van der Waals surface area contributed by atoms with Crippen LogP contribution in [-0.2, 0) is 6.42 Å². The summed E-state index contributed by atoms with van der Waals surface area (Å²) in [5.41, 5.74) is 0.980. The van der Waals surface area contributed by atoms with Crippen molar-refractivity contribution in [1.29, 1.82) is 5.26 Å². The molecule has 2 nitrogen and oxygen atoms in total. The second-order valence-corrected chi connectivity index (χ2v) is 3.23. The lowest BCUT2D eigenvalue weighted by atomic mass is 10.1. The molecule has 0 fully saturated rings. The smallest absolute Gasteiger partial charge is 0.150 e. The molecule has 0 atom stereocenters. The van der Waals surface area contributed by atoms with E-state index >= 15 is 0 Å². The predicted molar refractivity (Wildman–Crippen MR) is 51.2 cm³/mol. The average Bonchev–Trinajstić information content (AvgIpc) is 2.11. The minimum atomic E-state index is 0.150. The summed E-state index contributed by atoms with van der Waals surface area (Å²) >= 11 is 11.6. The molecular weight excluding hydrogens is 209 g/mol. The van der Waals surface area contributed by atoms with Gasteiger partial charge in [-0.1, -0.05) is 23.2 Å². The first kappa shape index (κ1) is 10.0. The predicted octanol–water partition coefficient (Wildman–Crippen LogP) is 2.87. The summed E-state index contributed by atoms with van der Waals surface area (Å²) in [5, 5.41) is 9.17. The van der Waals surface area contributed by atoms with Crippen LogP contribution in [0.15, 0.2) is 12.1 Å². The van der Waals surface area contributed by atoms with Crippen molar-refractivity contribution < 1.29 is 4.79 Å². The van der Waals surface area contributed by atoms with Gasteiger partial charge in [-0.25, -0.2) is 0 Å². The van der Waals surface area contributed by atoms with Crippen molar-refractivity contribution in [3.8, 4) is 6.07 Å². The van der Waals surface area contributed by atoms with Crippen LogP contribution in [0.3, 0.4) is 0 Å². The van der Waals surface area contributed by atoms with Gasteiger partial charge in [-0.3, -0.25) is 4.79 Å². The normalized spacial score (nSPS) is 9.31. The van der Waals surface area contributed by atoms with E-state index in [1.165, 1.54) is 12.1 Å². The number of carbonyl (C=O) groups excluding carboxylic acids is 1. The maximum Gasteiger partial charge on any atom is 0.150 e. The molecule has 0 spiro atoms. The Balaban J connectivity index is 3.24. The van der Waals surface area contributed by atoms with E-state index in [1.54, 1.807) is 0 Å². The second kappa shape index (κ2) is 4.27. The molecule has 0 unspecified atom stereocenters. The van der Waals surface area contributed by atoms with Gasteiger partial charge in [0.2, 0.25) is 0 Å².